The van der Waals surface area contributed by atoms with Crippen molar-refractivity contribution >= 4 is 22.4 Å². The van der Waals surface area contributed by atoms with Gasteiger partial charge in [0.1, 0.15) is 11.5 Å². The molecule has 0 fully saturated rings. The molecule has 5 rings (SSSR count). The number of thiazole rings is 1. The summed E-state index contributed by atoms with van der Waals surface area (Å²) < 4.78 is 5.94. The largest absolute Gasteiger partial charge is 0.457 e. The monoisotopic (exact) mass is 441 g/mol. The predicted molar refractivity (Wildman–Crippen MR) is 127 cm³/mol. The highest BCUT2D eigenvalue weighted by Gasteiger charge is 2.22. The minimum Gasteiger partial charge on any atom is -0.457 e. The van der Waals surface area contributed by atoms with Gasteiger partial charge in [0.15, 0.2) is 5.13 Å². The molecule has 0 radical (unpaired) electrons. The van der Waals surface area contributed by atoms with E-state index in [1.54, 1.807) is 23.5 Å². The van der Waals surface area contributed by atoms with Crippen molar-refractivity contribution in [3.05, 3.63) is 107 Å². The van der Waals surface area contributed by atoms with Crippen LogP contribution in [0, 0.1) is 0 Å². The number of carbonyl (C=O) groups is 1. The highest BCUT2D eigenvalue weighted by atomic mass is 32.1. The summed E-state index contributed by atoms with van der Waals surface area (Å²) in [6.45, 7) is 2.74. The van der Waals surface area contributed by atoms with Gasteiger partial charge in [-0.2, -0.15) is 0 Å². The molecule has 0 unspecified atom stereocenters. The van der Waals surface area contributed by atoms with E-state index in [1.165, 1.54) is 10.4 Å². The molecule has 32 heavy (non-hydrogen) atoms. The highest BCUT2D eigenvalue weighted by molar-refractivity contribution is 7.15. The molecular weight excluding hydrogens is 418 g/mol. The number of amides is 1. The van der Waals surface area contributed by atoms with Gasteiger partial charge < -0.3 is 4.74 Å². The molecule has 160 valence electrons. The molecule has 1 amide bonds. The number of nitrogens with one attached hydrogen (secondary N) is 1. The normalized spacial score (nSPS) is 13.4. The van der Waals surface area contributed by atoms with Crippen molar-refractivity contribution in [1.82, 2.24) is 9.88 Å². The Morgan fingerprint density at radius 1 is 0.969 bits per heavy atom. The average molecular weight is 442 g/mol. The first-order chi connectivity index (χ1) is 15.7. The summed E-state index contributed by atoms with van der Waals surface area (Å²) in [5.74, 6) is 0.992. The summed E-state index contributed by atoms with van der Waals surface area (Å²) in [6, 6.07) is 27.2. The zero-order chi connectivity index (χ0) is 21.8. The van der Waals surface area contributed by atoms with Crippen LogP contribution in [-0.2, 0) is 19.5 Å². The van der Waals surface area contributed by atoms with E-state index in [2.05, 4.69) is 34.5 Å². The molecule has 0 saturated heterocycles. The molecule has 1 aliphatic rings. The molecule has 4 aromatic rings. The van der Waals surface area contributed by atoms with Gasteiger partial charge in [0.05, 0.1) is 11.3 Å². The number of anilines is 1. The van der Waals surface area contributed by atoms with Crippen molar-refractivity contribution in [3.8, 4) is 11.5 Å². The lowest BCUT2D eigenvalue weighted by atomic mass is 10.1. The van der Waals surface area contributed by atoms with Crippen molar-refractivity contribution in [3.63, 3.8) is 0 Å². The second kappa shape index (κ2) is 9.34. The summed E-state index contributed by atoms with van der Waals surface area (Å²) in [7, 11) is 0. The fraction of sp³-hybridized carbons (Fsp3) is 0.154. The second-order valence-corrected chi connectivity index (χ2v) is 8.78. The van der Waals surface area contributed by atoms with Crippen LogP contribution in [0.3, 0.4) is 0 Å². The number of rotatable bonds is 6. The molecular formula is C26H23N3O2S. The quantitative estimate of drug-likeness (QED) is 0.414. The van der Waals surface area contributed by atoms with E-state index in [0.29, 0.717) is 22.2 Å². The van der Waals surface area contributed by atoms with E-state index < -0.39 is 0 Å². The van der Waals surface area contributed by atoms with Crippen molar-refractivity contribution in [1.29, 1.82) is 0 Å². The topological polar surface area (TPSA) is 54.5 Å². The van der Waals surface area contributed by atoms with Crippen LogP contribution in [0.4, 0.5) is 5.13 Å². The van der Waals surface area contributed by atoms with E-state index >= 15 is 0 Å². The third-order valence-corrected chi connectivity index (χ3v) is 6.38. The molecule has 0 aliphatic carbocycles. The van der Waals surface area contributed by atoms with E-state index in [9.17, 15) is 4.79 Å². The zero-order valence-corrected chi connectivity index (χ0v) is 18.3. The van der Waals surface area contributed by atoms with E-state index in [0.717, 1.165) is 31.7 Å². The van der Waals surface area contributed by atoms with Gasteiger partial charge in [0.25, 0.3) is 5.91 Å². The number of carbonyl (C=O) groups excluding carboxylic acids is 1. The lowest BCUT2D eigenvalue weighted by molar-refractivity contribution is 0.102. The van der Waals surface area contributed by atoms with Gasteiger partial charge in [-0.15, -0.1) is 11.3 Å². The number of ether oxygens (including phenoxy) is 1. The first-order valence-corrected chi connectivity index (χ1v) is 11.4. The summed E-state index contributed by atoms with van der Waals surface area (Å²) in [4.78, 5) is 21.3. The van der Waals surface area contributed by atoms with Crippen molar-refractivity contribution < 1.29 is 9.53 Å². The van der Waals surface area contributed by atoms with E-state index in [4.69, 9.17) is 9.72 Å². The van der Waals surface area contributed by atoms with Crippen molar-refractivity contribution in [2.45, 2.75) is 19.5 Å². The van der Waals surface area contributed by atoms with Crippen LogP contribution in [0.25, 0.3) is 0 Å². The number of benzene rings is 3. The maximum atomic E-state index is 13.0. The molecule has 0 atom stereocenters. The van der Waals surface area contributed by atoms with Gasteiger partial charge in [-0.3, -0.25) is 15.0 Å². The first-order valence-electron chi connectivity index (χ1n) is 10.6. The van der Waals surface area contributed by atoms with Gasteiger partial charge in [0, 0.05) is 30.9 Å². The lowest BCUT2D eigenvalue weighted by Gasteiger charge is -2.25. The van der Waals surface area contributed by atoms with Crippen LogP contribution < -0.4 is 10.1 Å². The standard InChI is InChI=1S/C26H23N3O2S/c30-25(21-13-7-8-14-23(21)31-20-11-5-2-6-12-20)28-26-27-22-15-16-29(18-24(22)32-26)17-19-9-3-1-4-10-19/h1-14H,15-18H2,(H,27,28,30). The van der Waals surface area contributed by atoms with Gasteiger partial charge in [-0.25, -0.2) is 4.98 Å². The Labute approximate surface area is 191 Å². The number of fused-ring (bicyclic) bond motifs is 1. The van der Waals surface area contributed by atoms with Gasteiger partial charge >= 0.3 is 0 Å². The molecule has 0 bridgehead atoms. The molecule has 1 aliphatic heterocycles. The van der Waals surface area contributed by atoms with Crippen LogP contribution in [0.5, 0.6) is 11.5 Å². The number of hydrogen-bond donors (Lipinski definition) is 1. The Hall–Kier alpha value is -3.48. The van der Waals surface area contributed by atoms with Crippen molar-refractivity contribution in [2.24, 2.45) is 0 Å². The number of para-hydroxylation sites is 2. The Bertz CT molecular complexity index is 1210. The average Bonchev–Trinajstić information content (AvgIpc) is 3.22. The minimum atomic E-state index is -0.219. The molecule has 1 aromatic heterocycles. The number of aromatic nitrogens is 1. The number of nitrogens with zero attached hydrogens (tertiary/aromatic N) is 2. The van der Waals surface area contributed by atoms with Crippen LogP contribution in [0.2, 0.25) is 0 Å². The molecule has 2 heterocycles. The first kappa shape index (κ1) is 20.4. The molecule has 0 saturated carbocycles. The van der Waals surface area contributed by atoms with Gasteiger partial charge in [-0.05, 0) is 29.8 Å². The van der Waals surface area contributed by atoms with E-state index in [-0.39, 0.29) is 5.91 Å². The summed E-state index contributed by atoms with van der Waals surface area (Å²) in [5, 5.41) is 3.61. The molecule has 1 N–H and O–H groups in total. The Balaban J connectivity index is 1.28. The minimum absolute atomic E-state index is 0.219. The Kier molecular flexibility index (Phi) is 5.96. The molecule has 5 nitrogen and oxygen atoms in total. The smallest absolute Gasteiger partial charge is 0.261 e. The van der Waals surface area contributed by atoms with Crippen LogP contribution in [0.1, 0.15) is 26.5 Å². The fourth-order valence-electron chi connectivity index (χ4n) is 3.80. The maximum Gasteiger partial charge on any atom is 0.261 e. The van der Waals surface area contributed by atoms with Crippen LogP contribution >= 0.6 is 11.3 Å². The fourth-order valence-corrected chi connectivity index (χ4v) is 4.85. The second-order valence-electron chi connectivity index (χ2n) is 7.70. The van der Waals surface area contributed by atoms with Crippen molar-refractivity contribution in [2.75, 3.05) is 11.9 Å². The Morgan fingerprint density at radius 3 is 2.50 bits per heavy atom. The summed E-state index contributed by atoms with van der Waals surface area (Å²) in [6.07, 6.45) is 0.891. The molecule has 0 spiro atoms. The van der Waals surface area contributed by atoms with Crippen LogP contribution in [0.15, 0.2) is 84.9 Å². The lowest BCUT2D eigenvalue weighted by Crippen LogP contribution is -2.29. The van der Waals surface area contributed by atoms with Crippen LogP contribution in [-0.4, -0.2) is 22.3 Å². The number of hydrogen-bond acceptors (Lipinski definition) is 5. The van der Waals surface area contributed by atoms with E-state index in [1.807, 2.05) is 48.5 Å². The van der Waals surface area contributed by atoms with Gasteiger partial charge in [-0.1, -0.05) is 60.7 Å². The zero-order valence-electron chi connectivity index (χ0n) is 17.5. The predicted octanol–water partition coefficient (Wildman–Crippen LogP) is 5.75. The third-order valence-electron chi connectivity index (χ3n) is 5.38. The SMILES string of the molecule is O=C(Nc1nc2c(s1)CN(Cc1ccccc1)CC2)c1ccccc1Oc1ccccc1. The van der Waals surface area contributed by atoms with Gasteiger partial charge in [0.2, 0.25) is 0 Å². The summed E-state index contributed by atoms with van der Waals surface area (Å²) >= 11 is 1.56. The summed E-state index contributed by atoms with van der Waals surface area (Å²) in [5.41, 5.74) is 2.88. The Morgan fingerprint density at radius 2 is 1.69 bits per heavy atom. The highest BCUT2D eigenvalue weighted by Crippen LogP contribution is 2.31. The maximum absolute atomic E-state index is 13.0. The third kappa shape index (κ3) is 4.72. The molecule has 6 heteroatoms. The molecule has 3 aromatic carbocycles.